The lowest BCUT2D eigenvalue weighted by atomic mass is 10.0. The van der Waals surface area contributed by atoms with Crippen LogP contribution < -0.4 is 0 Å². The van der Waals surface area contributed by atoms with Gasteiger partial charge in [-0.2, -0.15) is 0 Å². The SMILES string of the molecule is O=C(O)CCc1cn(CC2CCOCC2)c2ccccc12. The van der Waals surface area contributed by atoms with Crippen molar-refractivity contribution < 1.29 is 14.6 Å². The van der Waals surface area contributed by atoms with Crippen molar-refractivity contribution in [2.45, 2.75) is 32.2 Å². The van der Waals surface area contributed by atoms with Crippen molar-refractivity contribution in [3.8, 4) is 0 Å². The van der Waals surface area contributed by atoms with Crippen molar-refractivity contribution in [2.24, 2.45) is 5.92 Å². The minimum absolute atomic E-state index is 0.186. The zero-order valence-electron chi connectivity index (χ0n) is 12.1. The molecule has 1 fully saturated rings. The molecule has 112 valence electrons. The van der Waals surface area contributed by atoms with Crippen molar-refractivity contribution in [1.29, 1.82) is 0 Å². The highest BCUT2D eigenvalue weighted by atomic mass is 16.5. The van der Waals surface area contributed by atoms with Gasteiger partial charge >= 0.3 is 5.97 Å². The number of aliphatic carboxylic acids is 1. The summed E-state index contributed by atoms with van der Waals surface area (Å²) >= 11 is 0. The largest absolute Gasteiger partial charge is 0.481 e. The molecule has 1 aliphatic rings. The average molecular weight is 287 g/mol. The molecule has 1 saturated heterocycles. The van der Waals surface area contributed by atoms with Crippen LogP contribution >= 0.6 is 0 Å². The Balaban J connectivity index is 1.85. The van der Waals surface area contributed by atoms with E-state index in [-0.39, 0.29) is 6.42 Å². The van der Waals surface area contributed by atoms with Crippen LogP contribution in [-0.4, -0.2) is 28.9 Å². The predicted molar refractivity (Wildman–Crippen MR) is 81.4 cm³/mol. The molecule has 0 bridgehead atoms. The Morgan fingerprint density at radius 1 is 1.29 bits per heavy atom. The van der Waals surface area contributed by atoms with Crippen LogP contribution in [0.2, 0.25) is 0 Å². The van der Waals surface area contributed by atoms with E-state index in [1.807, 2.05) is 12.1 Å². The highest BCUT2D eigenvalue weighted by Gasteiger charge is 2.16. The Hall–Kier alpha value is -1.81. The molecule has 0 unspecified atom stereocenters. The van der Waals surface area contributed by atoms with Gasteiger partial charge in [-0.25, -0.2) is 0 Å². The summed E-state index contributed by atoms with van der Waals surface area (Å²) < 4.78 is 7.71. The molecule has 0 saturated carbocycles. The Morgan fingerprint density at radius 2 is 2.05 bits per heavy atom. The van der Waals surface area contributed by atoms with Gasteiger partial charge in [0.15, 0.2) is 0 Å². The smallest absolute Gasteiger partial charge is 0.303 e. The van der Waals surface area contributed by atoms with E-state index in [1.54, 1.807) is 0 Å². The molecular formula is C17H21NO3. The fourth-order valence-corrected chi connectivity index (χ4v) is 3.12. The molecule has 2 aromatic rings. The van der Waals surface area contributed by atoms with Crippen molar-refractivity contribution in [2.75, 3.05) is 13.2 Å². The molecule has 4 heteroatoms. The molecule has 2 heterocycles. The number of carboxylic acid groups (broad SMARTS) is 1. The van der Waals surface area contributed by atoms with Crippen molar-refractivity contribution >= 4 is 16.9 Å². The van der Waals surface area contributed by atoms with Gasteiger partial charge in [0.05, 0.1) is 0 Å². The monoisotopic (exact) mass is 287 g/mol. The van der Waals surface area contributed by atoms with Gasteiger partial charge in [-0.1, -0.05) is 18.2 Å². The third-order valence-corrected chi connectivity index (χ3v) is 4.28. The number of aromatic nitrogens is 1. The van der Waals surface area contributed by atoms with Gasteiger partial charge in [-0.05, 0) is 36.8 Å². The number of ether oxygens (including phenoxy) is 1. The minimum atomic E-state index is -0.740. The molecule has 1 aromatic heterocycles. The first-order chi connectivity index (χ1) is 10.2. The molecular weight excluding hydrogens is 266 g/mol. The van der Waals surface area contributed by atoms with E-state index < -0.39 is 5.97 Å². The summed E-state index contributed by atoms with van der Waals surface area (Å²) in [6.45, 7) is 2.71. The Labute approximate surface area is 124 Å². The number of rotatable bonds is 5. The molecule has 1 N–H and O–H groups in total. The van der Waals surface area contributed by atoms with Gasteiger partial charge in [0.25, 0.3) is 0 Å². The Bertz CT molecular complexity index is 626. The van der Waals surface area contributed by atoms with Crippen LogP contribution in [0.3, 0.4) is 0 Å². The number of fused-ring (bicyclic) bond motifs is 1. The molecule has 0 spiro atoms. The van der Waals surface area contributed by atoms with E-state index in [1.165, 1.54) is 10.9 Å². The van der Waals surface area contributed by atoms with Gasteiger partial charge in [0, 0.05) is 43.3 Å². The van der Waals surface area contributed by atoms with Crippen molar-refractivity contribution in [3.63, 3.8) is 0 Å². The van der Waals surface area contributed by atoms with Gasteiger partial charge in [-0.15, -0.1) is 0 Å². The zero-order valence-corrected chi connectivity index (χ0v) is 12.1. The number of carbonyl (C=O) groups is 1. The number of carboxylic acids is 1. The summed E-state index contributed by atoms with van der Waals surface area (Å²) in [5, 5.41) is 10.1. The number of benzene rings is 1. The number of nitrogens with zero attached hydrogens (tertiary/aromatic N) is 1. The van der Waals surface area contributed by atoms with Gasteiger partial charge in [0.2, 0.25) is 0 Å². The molecule has 21 heavy (non-hydrogen) atoms. The zero-order chi connectivity index (χ0) is 14.7. The molecule has 1 aromatic carbocycles. The summed E-state index contributed by atoms with van der Waals surface area (Å²) in [6.07, 6.45) is 5.14. The molecule has 0 atom stereocenters. The molecule has 0 amide bonds. The maximum Gasteiger partial charge on any atom is 0.303 e. The second-order valence-corrected chi connectivity index (χ2v) is 5.77. The van der Waals surface area contributed by atoms with Crippen LogP contribution in [-0.2, 0) is 22.5 Å². The van der Waals surface area contributed by atoms with Crippen LogP contribution in [0.4, 0.5) is 0 Å². The minimum Gasteiger partial charge on any atom is -0.481 e. The highest BCUT2D eigenvalue weighted by Crippen LogP contribution is 2.25. The van der Waals surface area contributed by atoms with E-state index in [4.69, 9.17) is 9.84 Å². The molecule has 4 nitrogen and oxygen atoms in total. The van der Waals surface area contributed by atoms with Crippen LogP contribution in [0, 0.1) is 5.92 Å². The van der Waals surface area contributed by atoms with Crippen molar-refractivity contribution in [3.05, 3.63) is 36.0 Å². The Morgan fingerprint density at radius 3 is 2.81 bits per heavy atom. The summed E-state index contributed by atoms with van der Waals surface area (Å²) in [5.41, 5.74) is 2.35. The van der Waals surface area contributed by atoms with Crippen LogP contribution in [0.25, 0.3) is 10.9 Å². The lowest BCUT2D eigenvalue weighted by molar-refractivity contribution is -0.136. The van der Waals surface area contributed by atoms with Crippen LogP contribution in [0.5, 0.6) is 0 Å². The summed E-state index contributed by atoms with van der Waals surface area (Å²) in [5.74, 6) is -0.0851. The second kappa shape index (κ2) is 6.31. The van der Waals surface area contributed by atoms with E-state index in [0.29, 0.717) is 12.3 Å². The first kappa shape index (κ1) is 14.1. The summed E-state index contributed by atoms with van der Waals surface area (Å²) in [7, 11) is 0. The standard InChI is InChI=1S/C17H21NO3/c19-17(20)6-5-14-12-18(11-13-7-9-21-10-8-13)16-4-2-1-3-15(14)16/h1-4,12-13H,5-11H2,(H,19,20). The van der Waals surface area contributed by atoms with E-state index in [9.17, 15) is 4.79 Å². The normalized spacial score (nSPS) is 16.4. The average Bonchev–Trinajstić information content (AvgIpc) is 2.85. The third-order valence-electron chi connectivity index (χ3n) is 4.28. The maximum atomic E-state index is 10.8. The molecule has 0 aliphatic carbocycles. The molecule has 0 radical (unpaired) electrons. The quantitative estimate of drug-likeness (QED) is 0.919. The second-order valence-electron chi connectivity index (χ2n) is 5.77. The van der Waals surface area contributed by atoms with Gasteiger partial charge < -0.3 is 14.4 Å². The summed E-state index contributed by atoms with van der Waals surface area (Å²) in [6, 6.07) is 8.28. The number of para-hydroxylation sites is 1. The van der Waals surface area contributed by atoms with Crippen LogP contribution in [0.15, 0.2) is 30.5 Å². The first-order valence-electron chi connectivity index (χ1n) is 7.60. The lowest BCUT2D eigenvalue weighted by Crippen LogP contribution is -2.20. The van der Waals surface area contributed by atoms with E-state index in [2.05, 4.69) is 22.9 Å². The van der Waals surface area contributed by atoms with Crippen LogP contribution in [0.1, 0.15) is 24.8 Å². The predicted octanol–water partition coefficient (Wildman–Crippen LogP) is 3.09. The van der Waals surface area contributed by atoms with E-state index in [0.717, 1.165) is 38.2 Å². The highest BCUT2D eigenvalue weighted by molar-refractivity contribution is 5.84. The lowest BCUT2D eigenvalue weighted by Gasteiger charge is -2.22. The number of hydrogen-bond donors (Lipinski definition) is 1. The molecule has 1 aliphatic heterocycles. The Kier molecular flexibility index (Phi) is 4.25. The first-order valence-corrected chi connectivity index (χ1v) is 7.60. The van der Waals surface area contributed by atoms with Gasteiger partial charge in [0.1, 0.15) is 0 Å². The third kappa shape index (κ3) is 3.27. The molecule has 3 rings (SSSR count). The van der Waals surface area contributed by atoms with Gasteiger partial charge in [-0.3, -0.25) is 4.79 Å². The fraction of sp³-hybridized carbons (Fsp3) is 0.471. The van der Waals surface area contributed by atoms with Crippen molar-refractivity contribution in [1.82, 2.24) is 4.57 Å². The number of aryl methyl sites for hydroxylation is 1. The number of hydrogen-bond acceptors (Lipinski definition) is 2. The maximum absolute atomic E-state index is 10.8. The van der Waals surface area contributed by atoms with E-state index >= 15 is 0 Å². The topological polar surface area (TPSA) is 51.5 Å². The summed E-state index contributed by atoms with van der Waals surface area (Å²) in [4.78, 5) is 10.8. The fourth-order valence-electron chi connectivity index (χ4n) is 3.12.